The van der Waals surface area contributed by atoms with E-state index in [0.29, 0.717) is 31.3 Å². The van der Waals surface area contributed by atoms with Gasteiger partial charge in [-0.05, 0) is 61.3 Å². The molecule has 0 saturated carbocycles. The Hall–Kier alpha value is -3.43. The van der Waals surface area contributed by atoms with Crippen LogP contribution in [0.3, 0.4) is 0 Å². The van der Waals surface area contributed by atoms with Gasteiger partial charge in [-0.1, -0.05) is 17.3 Å². The normalized spacial score (nSPS) is 18.7. The number of nitrogens with one attached hydrogen (secondary N) is 1. The molecule has 2 aromatic carbocycles. The van der Waals surface area contributed by atoms with Gasteiger partial charge >= 0.3 is 0 Å². The number of aromatic nitrogens is 2. The van der Waals surface area contributed by atoms with Crippen LogP contribution >= 0.6 is 0 Å². The molecule has 9 heteroatoms. The summed E-state index contributed by atoms with van der Waals surface area (Å²) in [7, 11) is 1.64. The highest BCUT2D eigenvalue weighted by Gasteiger charge is 2.27. The maximum Gasteiger partial charge on any atom is 0.241 e. The molecule has 0 bridgehead atoms. The number of likely N-dealkylation sites (tertiary alicyclic amines) is 1. The minimum Gasteiger partial charge on any atom is -0.497 e. The Labute approximate surface area is 211 Å². The van der Waals surface area contributed by atoms with E-state index in [1.807, 2.05) is 24.3 Å². The van der Waals surface area contributed by atoms with Crippen molar-refractivity contribution in [1.29, 1.82) is 0 Å². The zero-order chi connectivity index (χ0) is 24.7. The van der Waals surface area contributed by atoms with Gasteiger partial charge in [0.2, 0.25) is 17.6 Å². The third-order valence-electron chi connectivity index (χ3n) is 6.83. The molecule has 1 aromatic heterocycles. The van der Waals surface area contributed by atoms with E-state index in [9.17, 15) is 4.79 Å². The van der Waals surface area contributed by atoms with E-state index in [0.717, 1.165) is 62.6 Å². The molecule has 190 valence electrons. The van der Waals surface area contributed by atoms with Crippen LogP contribution in [0.15, 0.2) is 53.1 Å². The van der Waals surface area contributed by atoms with E-state index in [1.54, 1.807) is 7.11 Å². The molecule has 1 amide bonds. The lowest BCUT2D eigenvalue weighted by Gasteiger charge is -2.31. The molecular weight excluding hydrogens is 458 g/mol. The van der Waals surface area contributed by atoms with Crippen molar-refractivity contribution in [2.24, 2.45) is 5.92 Å². The van der Waals surface area contributed by atoms with Crippen LogP contribution in [0.25, 0.3) is 11.4 Å². The van der Waals surface area contributed by atoms with E-state index >= 15 is 0 Å². The highest BCUT2D eigenvalue weighted by molar-refractivity contribution is 5.79. The van der Waals surface area contributed by atoms with Crippen LogP contribution in [0, 0.1) is 5.92 Å². The van der Waals surface area contributed by atoms with Gasteiger partial charge in [0, 0.05) is 37.4 Å². The average molecular weight is 492 g/mol. The Morgan fingerprint density at radius 2 is 1.86 bits per heavy atom. The van der Waals surface area contributed by atoms with Gasteiger partial charge in [-0.15, -0.1) is 0 Å². The number of hydrogen-bond donors (Lipinski definition) is 1. The second-order valence-corrected chi connectivity index (χ2v) is 9.30. The molecule has 3 heterocycles. The summed E-state index contributed by atoms with van der Waals surface area (Å²) < 4.78 is 16.1. The molecule has 1 unspecified atom stereocenters. The molecule has 36 heavy (non-hydrogen) atoms. The molecular formula is C27H33N5O4. The minimum atomic E-state index is -0.0460. The third-order valence-corrected chi connectivity index (χ3v) is 6.83. The Kier molecular flexibility index (Phi) is 7.78. The predicted molar refractivity (Wildman–Crippen MR) is 136 cm³/mol. The van der Waals surface area contributed by atoms with E-state index in [2.05, 4.69) is 49.5 Å². The number of benzene rings is 2. The maximum absolute atomic E-state index is 12.9. The number of morpholine rings is 1. The quantitative estimate of drug-likeness (QED) is 0.514. The number of piperidine rings is 1. The fourth-order valence-corrected chi connectivity index (χ4v) is 4.76. The number of nitrogens with zero attached hydrogens (tertiary/aromatic N) is 4. The summed E-state index contributed by atoms with van der Waals surface area (Å²) in [6.07, 6.45) is 1.85. The summed E-state index contributed by atoms with van der Waals surface area (Å²) in [5, 5.41) is 7.24. The van der Waals surface area contributed by atoms with Gasteiger partial charge < -0.3 is 24.2 Å². The van der Waals surface area contributed by atoms with Crippen LogP contribution in [-0.4, -0.2) is 67.5 Å². The van der Waals surface area contributed by atoms with Crippen LogP contribution in [0.4, 0.5) is 5.69 Å². The lowest BCUT2D eigenvalue weighted by atomic mass is 9.97. The highest BCUT2D eigenvalue weighted by atomic mass is 16.5. The third kappa shape index (κ3) is 6.03. The molecule has 9 nitrogen and oxygen atoms in total. The second kappa shape index (κ2) is 11.5. The first kappa shape index (κ1) is 24.3. The maximum atomic E-state index is 12.9. The van der Waals surface area contributed by atoms with Crippen LogP contribution in [0.2, 0.25) is 0 Å². The van der Waals surface area contributed by atoms with Crippen molar-refractivity contribution in [3.63, 3.8) is 0 Å². The first-order chi connectivity index (χ1) is 17.7. The van der Waals surface area contributed by atoms with Crippen LogP contribution < -0.4 is 15.0 Å². The lowest BCUT2D eigenvalue weighted by molar-refractivity contribution is -0.127. The number of carbonyl (C=O) groups excluding carboxylic acids is 1. The number of rotatable bonds is 8. The van der Waals surface area contributed by atoms with Crippen LogP contribution in [-0.2, 0) is 22.6 Å². The second-order valence-electron chi connectivity index (χ2n) is 9.30. The zero-order valence-electron chi connectivity index (χ0n) is 20.7. The van der Waals surface area contributed by atoms with Crippen molar-refractivity contribution in [2.45, 2.75) is 25.9 Å². The number of amides is 1. The Morgan fingerprint density at radius 1 is 1.08 bits per heavy atom. The van der Waals surface area contributed by atoms with E-state index in [1.165, 1.54) is 5.69 Å². The molecule has 1 N–H and O–H groups in total. The molecule has 0 spiro atoms. The van der Waals surface area contributed by atoms with Crippen LogP contribution in [0.5, 0.6) is 5.75 Å². The summed E-state index contributed by atoms with van der Waals surface area (Å²) in [4.78, 5) is 22.0. The Balaban J connectivity index is 1.10. The monoisotopic (exact) mass is 491 g/mol. The van der Waals surface area contributed by atoms with Crippen molar-refractivity contribution in [3.05, 3.63) is 60.0 Å². The first-order valence-electron chi connectivity index (χ1n) is 12.6. The van der Waals surface area contributed by atoms with E-state index in [-0.39, 0.29) is 11.8 Å². The Bertz CT molecular complexity index is 1130. The molecule has 0 aliphatic carbocycles. The topological polar surface area (TPSA) is 93.0 Å². The summed E-state index contributed by atoms with van der Waals surface area (Å²) in [6.45, 7) is 6.04. The van der Waals surface area contributed by atoms with E-state index in [4.69, 9.17) is 14.0 Å². The standard InChI is InChI=1S/C27H33N5O4/c1-34-24-10-6-21(7-11-24)26-29-25(36-30-26)19-31-12-2-3-22(18-31)27(33)28-17-20-4-8-23(9-5-20)32-13-15-35-16-14-32/h4-11,22H,2-3,12-19H2,1H3,(H,28,33). The number of methoxy groups -OCH3 is 1. The summed E-state index contributed by atoms with van der Waals surface area (Å²) in [5.74, 6) is 1.95. The zero-order valence-corrected chi connectivity index (χ0v) is 20.7. The van der Waals surface area contributed by atoms with Gasteiger partial charge in [0.15, 0.2) is 0 Å². The molecule has 5 rings (SSSR count). The average Bonchev–Trinajstić information content (AvgIpc) is 3.41. The summed E-state index contributed by atoms with van der Waals surface area (Å²) in [6, 6.07) is 16.0. The molecule has 2 aliphatic rings. The van der Waals surface area contributed by atoms with Gasteiger partial charge in [0.1, 0.15) is 5.75 Å². The molecule has 0 radical (unpaired) electrons. The highest BCUT2D eigenvalue weighted by Crippen LogP contribution is 2.22. The van der Waals surface area contributed by atoms with Gasteiger partial charge in [0.25, 0.3) is 0 Å². The van der Waals surface area contributed by atoms with Gasteiger partial charge in [-0.2, -0.15) is 4.98 Å². The van der Waals surface area contributed by atoms with Gasteiger partial charge in [-0.25, -0.2) is 0 Å². The van der Waals surface area contributed by atoms with Gasteiger partial charge in [0.05, 0.1) is 32.8 Å². The number of carbonyl (C=O) groups is 1. The van der Waals surface area contributed by atoms with Crippen LogP contribution in [0.1, 0.15) is 24.3 Å². The van der Waals surface area contributed by atoms with Crippen molar-refractivity contribution < 1.29 is 18.8 Å². The molecule has 2 fully saturated rings. The number of hydrogen-bond acceptors (Lipinski definition) is 8. The smallest absolute Gasteiger partial charge is 0.241 e. The summed E-state index contributed by atoms with van der Waals surface area (Å²) >= 11 is 0. The van der Waals surface area contributed by atoms with Crippen molar-refractivity contribution >= 4 is 11.6 Å². The molecule has 3 aromatic rings. The SMILES string of the molecule is COc1ccc(-c2noc(CN3CCCC(C(=O)NCc4ccc(N5CCOCC5)cc4)C3)n2)cc1. The first-order valence-corrected chi connectivity index (χ1v) is 12.6. The molecule has 2 saturated heterocycles. The fraction of sp³-hybridized carbons (Fsp3) is 0.444. The lowest BCUT2D eigenvalue weighted by Crippen LogP contribution is -2.42. The number of anilines is 1. The molecule has 2 aliphatic heterocycles. The predicted octanol–water partition coefficient (Wildman–Crippen LogP) is 3.11. The minimum absolute atomic E-state index is 0.0460. The van der Waals surface area contributed by atoms with Crippen molar-refractivity contribution in [2.75, 3.05) is 51.4 Å². The molecule has 1 atom stereocenters. The number of ether oxygens (including phenoxy) is 2. The largest absolute Gasteiger partial charge is 0.497 e. The van der Waals surface area contributed by atoms with E-state index < -0.39 is 0 Å². The van der Waals surface area contributed by atoms with Gasteiger partial charge in [-0.3, -0.25) is 9.69 Å². The fourth-order valence-electron chi connectivity index (χ4n) is 4.76. The van der Waals surface area contributed by atoms with Crippen molar-refractivity contribution in [1.82, 2.24) is 20.4 Å². The summed E-state index contributed by atoms with van der Waals surface area (Å²) in [5.41, 5.74) is 3.18. The Morgan fingerprint density at radius 3 is 2.61 bits per heavy atom. The van der Waals surface area contributed by atoms with Crippen molar-refractivity contribution in [3.8, 4) is 17.1 Å².